The molecule has 1 unspecified atom stereocenters. The SMILES string of the molecule is CC/C=C(/NCCC)c1ccc(C(CCC)N(C)C2(/N=C(\C=O)c3ccc(F)c(F)c3)CCC(C(C)C)CC2)cc1.O=CO. The summed E-state index contributed by atoms with van der Waals surface area (Å²) in [6, 6.07) is 12.5. The first kappa shape index (κ1) is 36.8. The average Bonchev–Trinajstić information content (AvgIpc) is 3.02. The lowest BCUT2D eigenvalue weighted by Gasteiger charge is -2.48. The van der Waals surface area contributed by atoms with E-state index in [-0.39, 0.29) is 18.2 Å². The molecule has 2 aromatic carbocycles. The smallest absolute Gasteiger partial charge is 0.290 e. The van der Waals surface area contributed by atoms with Crippen LogP contribution in [0.1, 0.15) is 109 Å². The van der Waals surface area contributed by atoms with E-state index in [0.29, 0.717) is 23.7 Å². The van der Waals surface area contributed by atoms with E-state index >= 15 is 0 Å². The van der Waals surface area contributed by atoms with Crippen molar-refractivity contribution in [1.82, 2.24) is 10.2 Å². The van der Waals surface area contributed by atoms with Gasteiger partial charge in [0.05, 0.1) is 0 Å². The van der Waals surface area contributed by atoms with Crippen LogP contribution in [0.5, 0.6) is 0 Å². The zero-order chi connectivity index (χ0) is 32.7. The highest BCUT2D eigenvalue weighted by Crippen LogP contribution is 2.44. The molecule has 0 heterocycles. The van der Waals surface area contributed by atoms with Crippen LogP contribution in [0.25, 0.3) is 5.70 Å². The van der Waals surface area contributed by atoms with Gasteiger partial charge in [0.25, 0.3) is 6.47 Å². The number of halogens is 2. The summed E-state index contributed by atoms with van der Waals surface area (Å²) >= 11 is 0. The monoisotopic (exact) mass is 611 g/mol. The zero-order valence-corrected chi connectivity index (χ0v) is 27.3. The number of rotatable bonds is 14. The van der Waals surface area contributed by atoms with Crippen molar-refractivity contribution in [3.05, 3.63) is 76.9 Å². The third-order valence-corrected chi connectivity index (χ3v) is 8.70. The van der Waals surface area contributed by atoms with Gasteiger partial charge < -0.3 is 10.4 Å². The van der Waals surface area contributed by atoms with E-state index in [4.69, 9.17) is 14.9 Å². The summed E-state index contributed by atoms with van der Waals surface area (Å²) in [5.41, 5.74) is 3.40. The molecule has 3 rings (SSSR count). The molecular weight excluding hydrogens is 560 g/mol. The summed E-state index contributed by atoms with van der Waals surface area (Å²) in [6.07, 6.45) is 10.5. The van der Waals surface area contributed by atoms with Gasteiger partial charge in [-0.1, -0.05) is 71.4 Å². The van der Waals surface area contributed by atoms with Crippen LogP contribution in [-0.4, -0.2) is 47.7 Å². The van der Waals surface area contributed by atoms with Crippen molar-refractivity contribution in [2.24, 2.45) is 16.8 Å². The summed E-state index contributed by atoms with van der Waals surface area (Å²) in [4.78, 5) is 28.2. The second-order valence-electron chi connectivity index (χ2n) is 11.9. The van der Waals surface area contributed by atoms with Gasteiger partial charge in [0.2, 0.25) is 0 Å². The Morgan fingerprint density at radius 1 is 1.02 bits per heavy atom. The lowest BCUT2D eigenvalue weighted by Crippen LogP contribution is -2.50. The maximum absolute atomic E-state index is 14.1. The molecule has 0 bridgehead atoms. The fourth-order valence-electron chi connectivity index (χ4n) is 6.14. The van der Waals surface area contributed by atoms with Gasteiger partial charge in [-0.25, -0.2) is 8.78 Å². The highest BCUT2D eigenvalue weighted by Gasteiger charge is 2.42. The van der Waals surface area contributed by atoms with Gasteiger partial charge in [-0.2, -0.15) is 0 Å². The number of benzene rings is 2. The van der Waals surface area contributed by atoms with Crippen LogP contribution in [-0.2, 0) is 9.59 Å². The zero-order valence-electron chi connectivity index (χ0n) is 27.3. The highest BCUT2D eigenvalue weighted by atomic mass is 19.2. The Morgan fingerprint density at radius 3 is 2.14 bits per heavy atom. The van der Waals surface area contributed by atoms with Crippen LogP contribution in [0.15, 0.2) is 53.5 Å². The molecule has 1 atom stereocenters. The van der Waals surface area contributed by atoms with Crippen LogP contribution in [0, 0.1) is 23.5 Å². The predicted molar refractivity (Wildman–Crippen MR) is 176 cm³/mol. The molecule has 2 N–H and O–H groups in total. The normalized spacial score (nSPS) is 19.7. The fraction of sp³-hybridized carbons (Fsp3) is 0.528. The van der Waals surface area contributed by atoms with Gasteiger partial charge in [-0.05, 0) is 93.2 Å². The van der Waals surface area contributed by atoms with Crippen LogP contribution in [0.2, 0.25) is 0 Å². The minimum atomic E-state index is -0.975. The van der Waals surface area contributed by atoms with Gasteiger partial charge in [-0.3, -0.25) is 19.5 Å². The van der Waals surface area contributed by atoms with E-state index in [2.05, 4.69) is 82.2 Å². The molecule has 0 amide bonds. The number of allylic oxidation sites excluding steroid dienone is 1. The fourth-order valence-corrected chi connectivity index (χ4v) is 6.14. The summed E-state index contributed by atoms with van der Waals surface area (Å²) in [5.74, 6) is -0.740. The molecule has 1 aliphatic rings. The number of nitrogens with one attached hydrogen (secondary N) is 1. The summed E-state index contributed by atoms with van der Waals surface area (Å²) in [5, 5.41) is 10.4. The van der Waals surface area contributed by atoms with Gasteiger partial charge in [0.1, 0.15) is 11.4 Å². The third kappa shape index (κ3) is 9.81. The van der Waals surface area contributed by atoms with Gasteiger partial charge in [-0.15, -0.1) is 0 Å². The number of hydrogen-bond acceptors (Lipinski definition) is 5. The minimum Gasteiger partial charge on any atom is -0.483 e. The van der Waals surface area contributed by atoms with Crippen molar-refractivity contribution in [3.8, 4) is 0 Å². The first-order chi connectivity index (χ1) is 21.1. The van der Waals surface area contributed by atoms with Crippen LogP contribution >= 0.6 is 0 Å². The Hall–Kier alpha value is -3.39. The van der Waals surface area contributed by atoms with E-state index in [1.807, 2.05) is 0 Å². The van der Waals surface area contributed by atoms with E-state index in [0.717, 1.165) is 75.7 Å². The predicted octanol–water partition coefficient (Wildman–Crippen LogP) is 8.42. The Kier molecular flexibility index (Phi) is 15.4. The number of hydrogen-bond donors (Lipinski definition) is 2. The molecular formula is C36H51F2N3O3. The molecule has 44 heavy (non-hydrogen) atoms. The molecule has 8 heteroatoms. The molecule has 0 radical (unpaired) electrons. The molecule has 1 aliphatic carbocycles. The van der Waals surface area contributed by atoms with Gasteiger partial charge >= 0.3 is 0 Å². The van der Waals surface area contributed by atoms with Crippen LogP contribution < -0.4 is 5.32 Å². The van der Waals surface area contributed by atoms with Crippen molar-refractivity contribution < 1.29 is 23.5 Å². The van der Waals surface area contributed by atoms with Gasteiger partial charge in [0, 0.05) is 23.8 Å². The molecule has 0 spiro atoms. The van der Waals surface area contributed by atoms with Crippen LogP contribution in [0.4, 0.5) is 8.78 Å². The molecule has 1 saturated carbocycles. The maximum Gasteiger partial charge on any atom is 0.290 e. The summed E-state index contributed by atoms with van der Waals surface area (Å²) in [7, 11) is 2.12. The standard InChI is InChI=1S/C35H49F2N3O.CH2O2/c1-7-10-32(38-22-9-3)27-12-14-28(15-13-27)34(11-8-2)40(6)35(20-18-26(19-21-35)25(4)5)39-33(24-41)29-16-17-30(36)31(37)23-29;2-1-3/h10,12-17,23-26,34,38H,7-9,11,18-22H2,1-6H3;1H,(H,2,3)/b32-10+,39-33+;. The Morgan fingerprint density at radius 2 is 1.64 bits per heavy atom. The van der Waals surface area contributed by atoms with Crippen molar-refractivity contribution in [2.75, 3.05) is 13.6 Å². The molecule has 0 aromatic heterocycles. The molecule has 0 saturated heterocycles. The summed E-state index contributed by atoms with van der Waals surface area (Å²) < 4.78 is 27.8. The number of aliphatic imine (C=N–C) groups is 1. The first-order valence-electron chi connectivity index (χ1n) is 16.0. The molecule has 1 fully saturated rings. The number of carbonyl (C=O) groups excluding carboxylic acids is 1. The Balaban J connectivity index is 0.00000216. The molecule has 6 nitrogen and oxygen atoms in total. The third-order valence-electron chi connectivity index (χ3n) is 8.70. The second-order valence-corrected chi connectivity index (χ2v) is 11.9. The van der Waals surface area contributed by atoms with Crippen molar-refractivity contribution in [1.29, 1.82) is 0 Å². The number of nitrogens with zero attached hydrogens (tertiary/aromatic N) is 2. The van der Waals surface area contributed by atoms with E-state index in [1.54, 1.807) is 0 Å². The summed E-state index contributed by atoms with van der Waals surface area (Å²) in [6.45, 7) is 11.7. The largest absolute Gasteiger partial charge is 0.483 e. The topological polar surface area (TPSA) is 82.0 Å². The average molecular weight is 612 g/mol. The molecule has 0 aliphatic heterocycles. The molecule has 2 aromatic rings. The van der Waals surface area contributed by atoms with E-state index in [1.165, 1.54) is 17.2 Å². The van der Waals surface area contributed by atoms with Crippen molar-refractivity contribution >= 4 is 24.2 Å². The number of carbonyl (C=O) groups is 2. The number of aldehydes is 1. The van der Waals surface area contributed by atoms with Gasteiger partial charge in [0.15, 0.2) is 17.9 Å². The first-order valence-corrected chi connectivity index (χ1v) is 16.0. The van der Waals surface area contributed by atoms with Crippen molar-refractivity contribution in [2.45, 2.75) is 97.7 Å². The highest BCUT2D eigenvalue weighted by molar-refractivity contribution is 6.36. The number of carboxylic acid groups (broad SMARTS) is 1. The van der Waals surface area contributed by atoms with E-state index in [9.17, 15) is 13.6 Å². The minimum absolute atomic E-state index is 0.0912. The maximum atomic E-state index is 14.1. The Bertz CT molecular complexity index is 1240. The quantitative estimate of drug-likeness (QED) is 0.166. The van der Waals surface area contributed by atoms with Crippen LogP contribution in [0.3, 0.4) is 0 Å². The lowest BCUT2D eigenvalue weighted by molar-refractivity contribution is -0.122. The second kappa shape index (κ2) is 18.4. The lowest BCUT2D eigenvalue weighted by atomic mass is 9.75. The molecule has 242 valence electrons. The van der Waals surface area contributed by atoms with Crippen molar-refractivity contribution in [3.63, 3.8) is 0 Å². The van der Waals surface area contributed by atoms with E-state index < -0.39 is 17.3 Å². The Labute approximate surface area is 262 Å².